The number of thiocarbonyl (C=S) groups is 1. The Morgan fingerprint density at radius 3 is 2.95 bits per heavy atom. The van der Waals surface area contributed by atoms with E-state index in [4.69, 9.17) is 12.2 Å². The molecule has 3 rings (SSSR count). The first kappa shape index (κ1) is 12.5. The van der Waals surface area contributed by atoms with Crippen molar-refractivity contribution in [1.29, 1.82) is 0 Å². The lowest BCUT2D eigenvalue weighted by molar-refractivity contribution is 0.431. The number of nitrogens with zero attached hydrogens (tertiary/aromatic N) is 1. The number of benzene rings is 1. The maximum atomic E-state index is 5.42. The highest BCUT2D eigenvalue weighted by Crippen LogP contribution is 2.25. The van der Waals surface area contributed by atoms with Crippen molar-refractivity contribution in [3.63, 3.8) is 0 Å². The Kier molecular flexibility index (Phi) is 3.42. The number of rotatable bonds is 1. The van der Waals surface area contributed by atoms with Crippen LogP contribution in [-0.4, -0.2) is 34.6 Å². The van der Waals surface area contributed by atoms with E-state index in [1.807, 2.05) is 0 Å². The van der Waals surface area contributed by atoms with E-state index in [0.29, 0.717) is 0 Å². The van der Waals surface area contributed by atoms with Gasteiger partial charge in [-0.15, -0.1) is 0 Å². The average Bonchev–Trinajstić information content (AvgIpc) is 2.63. The van der Waals surface area contributed by atoms with Crippen molar-refractivity contribution in [1.82, 2.24) is 15.2 Å². The maximum absolute atomic E-state index is 5.42. The molecule has 0 spiro atoms. The summed E-state index contributed by atoms with van der Waals surface area (Å²) in [4.78, 5) is 5.84. The van der Waals surface area contributed by atoms with Crippen LogP contribution < -0.4 is 5.32 Å². The Labute approximate surface area is 119 Å². The highest BCUT2D eigenvalue weighted by atomic mass is 32.1. The molecular weight excluding hydrogens is 254 g/mol. The highest BCUT2D eigenvalue weighted by molar-refractivity contribution is 7.80. The summed E-state index contributed by atoms with van der Waals surface area (Å²) >= 11 is 5.42. The van der Waals surface area contributed by atoms with Gasteiger partial charge < -0.3 is 15.2 Å². The van der Waals surface area contributed by atoms with Gasteiger partial charge in [-0.05, 0) is 37.2 Å². The minimum absolute atomic E-state index is 0.886. The van der Waals surface area contributed by atoms with Gasteiger partial charge >= 0.3 is 0 Å². The lowest BCUT2D eigenvalue weighted by Gasteiger charge is -2.23. The van der Waals surface area contributed by atoms with Gasteiger partial charge in [0.2, 0.25) is 0 Å². The molecule has 1 aliphatic heterocycles. The van der Waals surface area contributed by atoms with Crippen LogP contribution in [0.3, 0.4) is 0 Å². The summed E-state index contributed by atoms with van der Waals surface area (Å²) < 4.78 is 0. The monoisotopic (exact) mass is 273 g/mol. The van der Waals surface area contributed by atoms with Crippen LogP contribution in [0, 0.1) is 0 Å². The van der Waals surface area contributed by atoms with Crippen molar-refractivity contribution in [3.05, 3.63) is 35.5 Å². The molecule has 0 amide bonds. The quantitative estimate of drug-likeness (QED) is 0.783. The van der Waals surface area contributed by atoms with Crippen molar-refractivity contribution in [2.24, 2.45) is 0 Å². The molecule has 0 bridgehead atoms. The van der Waals surface area contributed by atoms with Gasteiger partial charge in [0.05, 0.1) is 0 Å². The third-order valence-electron chi connectivity index (χ3n) is 3.78. The molecule has 1 aromatic carbocycles. The van der Waals surface area contributed by atoms with Crippen molar-refractivity contribution in [3.8, 4) is 0 Å². The number of nitrogens with one attached hydrogen (secondary N) is 2. The van der Waals surface area contributed by atoms with Crippen molar-refractivity contribution >= 4 is 28.2 Å². The fourth-order valence-corrected chi connectivity index (χ4v) is 3.15. The number of fused-ring (bicyclic) bond motifs is 3. The van der Waals surface area contributed by atoms with Crippen LogP contribution in [0.5, 0.6) is 0 Å². The summed E-state index contributed by atoms with van der Waals surface area (Å²) in [7, 11) is 0. The molecule has 3 nitrogen and oxygen atoms in total. The lowest BCUT2D eigenvalue weighted by atomic mass is 10.1. The second-order valence-electron chi connectivity index (χ2n) is 4.95. The second kappa shape index (κ2) is 5.21. The van der Waals surface area contributed by atoms with Gasteiger partial charge in [-0.1, -0.05) is 18.2 Å². The molecule has 1 aromatic heterocycles. The third kappa shape index (κ3) is 2.32. The van der Waals surface area contributed by atoms with Gasteiger partial charge in [0.15, 0.2) is 5.11 Å². The zero-order chi connectivity index (χ0) is 13.2. The number of hydrogen-bond donors (Lipinski definition) is 2. The summed E-state index contributed by atoms with van der Waals surface area (Å²) in [5, 5.41) is 5.50. The van der Waals surface area contributed by atoms with Crippen LogP contribution in [-0.2, 0) is 12.8 Å². The zero-order valence-corrected chi connectivity index (χ0v) is 12.0. The first-order valence-corrected chi connectivity index (χ1v) is 7.31. The molecule has 100 valence electrons. The molecule has 4 heteroatoms. The van der Waals surface area contributed by atoms with E-state index >= 15 is 0 Å². The molecule has 2 N–H and O–H groups in total. The van der Waals surface area contributed by atoms with Crippen LogP contribution in [0.25, 0.3) is 10.9 Å². The summed E-state index contributed by atoms with van der Waals surface area (Å²) in [5.41, 5.74) is 4.11. The Morgan fingerprint density at radius 1 is 1.32 bits per heavy atom. The Morgan fingerprint density at radius 2 is 2.11 bits per heavy atom. The molecule has 0 fully saturated rings. The van der Waals surface area contributed by atoms with Gasteiger partial charge in [0.1, 0.15) is 0 Å². The summed E-state index contributed by atoms with van der Waals surface area (Å²) in [6, 6.07) is 8.57. The molecule has 0 saturated carbocycles. The smallest absolute Gasteiger partial charge is 0.168 e. The Balaban J connectivity index is 1.85. The van der Waals surface area contributed by atoms with Gasteiger partial charge in [-0.25, -0.2) is 0 Å². The van der Waals surface area contributed by atoms with E-state index in [1.54, 1.807) is 0 Å². The number of aromatic amines is 1. The average molecular weight is 273 g/mol. The van der Waals surface area contributed by atoms with Crippen LogP contribution in [0.1, 0.15) is 18.2 Å². The first-order chi connectivity index (χ1) is 9.29. The van der Waals surface area contributed by atoms with Crippen LogP contribution >= 0.6 is 12.2 Å². The third-order valence-corrected chi connectivity index (χ3v) is 4.18. The molecule has 0 radical (unpaired) electrons. The van der Waals surface area contributed by atoms with Crippen molar-refractivity contribution in [2.45, 2.75) is 19.8 Å². The van der Waals surface area contributed by atoms with E-state index in [9.17, 15) is 0 Å². The lowest BCUT2D eigenvalue weighted by Crippen LogP contribution is -2.41. The van der Waals surface area contributed by atoms with Crippen LogP contribution in [0.15, 0.2) is 24.3 Å². The predicted octanol–water partition coefficient (Wildman–Crippen LogP) is 2.46. The van der Waals surface area contributed by atoms with Crippen molar-refractivity contribution < 1.29 is 0 Å². The maximum Gasteiger partial charge on any atom is 0.168 e. The van der Waals surface area contributed by atoms with Gasteiger partial charge in [0, 0.05) is 42.7 Å². The molecule has 0 aliphatic carbocycles. The molecule has 0 unspecified atom stereocenters. The number of para-hydroxylation sites is 1. The number of hydrogen-bond acceptors (Lipinski definition) is 1. The topological polar surface area (TPSA) is 31.1 Å². The number of H-pyrrole nitrogens is 1. The van der Waals surface area contributed by atoms with Gasteiger partial charge in [-0.2, -0.15) is 0 Å². The number of aromatic nitrogens is 1. The summed E-state index contributed by atoms with van der Waals surface area (Å²) in [6.45, 7) is 4.97. The standard InChI is InChI=1S/C15H19N3S/c1-2-16-15(19)18-9-7-12-11-5-3-4-6-13(11)17-14(12)8-10-18/h3-6,17H,2,7-10H2,1H3,(H,16,19). The molecule has 19 heavy (non-hydrogen) atoms. The summed E-state index contributed by atoms with van der Waals surface area (Å²) in [5.74, 6) is 0. The van der Waals surface area contributed by atoms with E-state index < -0.39 is 0 Å². The molecule has 1 aliphatic rings. The first-order valence-electron chi connectivity index (χ1n) is 6.91. The normalized spacial score (nSPS) is 15.1. The van der Waals surface area contributed by atoms with Crippen molar-refractivity contribution in [2.75, 3.05) is 19.6 Å². The van der Waals surface area contributed by atoms with Crippen LogP contribution in [0.4, 0.5) is 0 Å². The summed E-state index contributed by atoms with van der Waals surface area (Å²) in [6.07, 6.45) is 2.10. The van der Waals surface area contributed by atoms with Gasteiger partial charge in [0.25, 0.3) is 0 Å². The molecule has 2 heterocycles. The van der Waals surface area contributed by atoms with Crippen LogP contribution in [0.2, 0.25) is 0 Å². The fourth-order valence-electron chi connectivity index (χ4n) is 2.83. The minimum atomic E-state index is 0.886. The Hall–Kier alpha value is -1.55. The SMILES string of the molecule is CCNC(=S)N1CCc2[nH]c3ccccc3c2CC1. The molecular formula is C15H19N3S. The largest absolute Gasteiger partial charge is 0.363 e. The molecule has 0 atom stereocenters. The minimum Gasteiger partial charge on any atom is -0.363 e. The molecule has 2 aromatic rings. The fraction of sp³-hybridized carbons (Fsp3) is 0.400. The second-order valence-corrected chi connectivity index (χ2v) is 5.34. The highest BCUT2D eigenvalue weighted by Gasteiger charge is 2.19. The van der Waals surface area contributed by atoms with Gasteiger partial charge in [-0.3, -0.25) is 0 Å². The zero-order valence-electron chi connectivity index (χ0n) is 11.2. The predicted molar refractivity (Wildman–Crippen MR) is 83.6 cm³/mol. The van der Waals surface area contributed by atoms with E-state index in [-0.39, 0.29) is 0 Å². The molecule has 0 saturated heterocycles. The van der Waals surface area contributed by atoms with E-state index in [0.717, 1.165) is 37.6 Å². The van der Waals surface area contributed by atoms with E-state index in [1.165, 1.54) is 22.2 Å². The Bertz CT molecular complexity index is 602. The van der Waals surface area contributed by atoms with E-state index in [2.05, 4.69) is 46.4 Å².